The first-order valence-electron chi connectivity index (χ1n) is 6.59. The molecule has 0 radical (unpaired) electrons. The zero-order valence-electron chi connectivity index (χ0n) is 12.1. The van der Waals surface area contributed by atoms with Gasteiger partial charge in [0.2, 0.25) is 15.9 Å². The van der Waals surface area contributed by atoms with Crippen LogP contribution in [0.25, 0.3) is 0 Å². The summed E-state index contributed by atoms with van der Waals surface area (Å²) in [6.45, 7) is 1.93. The van der Waals surface area contributed by atoms with E-state index >= 15 is 0 Å². The van der Waals surface area contributed by atoms with Crippen molar-refractivity contribution in [2.24, 2.45) is 5.92 Å². The summed E-state index contributed by atoms with van der Waals surface area (Å²) in [6, 6.07) is -0.704. The molecule has 0 spiro atoms. The van der Waals surface area contributed by atoms with Crippen LogP contribution in [0.4, 0.5) is 0 Å². The number of carboxylic acid groups (broad SMARTS) is 1. The molecule has 8 heteroatoms. The van der Waals surface area contributed by atoms with Crippen LogP contribution in [0.3, 0.4) is 0 Å². The Bertz CT molecular complexity index is 476. The Morgan fingerprint density at radius 1 is 1.40 bits per heavy atom. The molecule has 0 aromatic rings. The first kappa shape index (κ1) is 16.9. The van der Waals surface area contributed by atoms with E-state index in [1.807, 2.05) is 0 Å². The van der Waals surface area contributed by atoms with Crippen LogP contribution >= 0.6 is 0 Å². The van der Waals surface area contributed by atoms with Crippen LogP contribution in [-0.2, 0) is 19.6 Å². The molecule has 0 aromatic carbocycles. The number of likely N-dealkylation sites (N-methyl/N-ethyl adjacent to an activating group) is 1. The molecular formula is C12H22N2O5S. The number of rotatable bonds is 5. The largest absolute Gasteiger partial charge is 0.481 e. The fourth-order valence-corrected chi connectivity index (χ4v) is 3.50. The molecule has 0 aliphatic carbocycles. The van der Waals surface area contributed by atoms with Crippen LogP contribution < -0.4 is 0 Å². The zero-order chi connectivity index (χ0) is 15.5. The molecular weight excluding hydrogens is 284 g/mol. The number of amides is 1. The predicted molar refractivity (Wildman–Crippen MR) is 73.6 cm³/mol. The van der Waals surface area contributed by atoms with Gasteiger partial charge in [0.15, 0.2) is 0 Å². The molecule has 0 unspecified atom stereocenters. The van der Waals surface area contributed by atoms with Gasteiger partial charge in [0, 0.05) is 20.1 Å². The van der Waals surface area contributed by atoms with Gasteiger partial charge in [0.05, 0.1) is 12.2 Å². The maximum Gasteiger partial charge on any atom is 0.308 e. The summed E-state index contributed by atoms with van der Waals surface area (Å²) in [7, 11) is -1.92. The number of carbonyl (C=O) groups excluding carboxylic acids is 1. The van der Waals surface area contributed by atoms with Gasteiger partial charge >= 0.3 is 5.97 Å². The molecule has 0 bridgehead atoms. The molecule has 116 valence electrons. The summed E-state index contributed by atoms with van der Waals surface area (Å²) in [5.74, 6) is -1.99. The summed E-state index contributed by atoms with van der Waals surface area (Å²) in [5.41, 5.74) is 0. The highest BCUT2D eigenvalue weighted by Gasteiger charge is 2.36. The van der Waals surface area contributed by atoms with Crippen molar-refractivity contribution in [2.75, 3.05) is 26.4 Å². The molecule has 1 N–H and O–H groups in total. The quantitative estimate of drug-likeness (QED) is 0.770. The monoisotopic (exact) mass is 306 g/mol. The Balaban J connectivity index is 2.80. The van der Waals surface area contributed by atoms with E-state index in [0.717, 1.165) is 19.1 Å². The van der Waals surface area contributed by atoms with Gasteiger partial charge in [-0.1, -0.05) is 13.3 Å². The van der Waals surface area contributed by atoms with Crippen molar-refractivity contribution in [2.45, 2.75) is 32.2 Å². The van der Waals surface area contributed by atoms with E-state index in [-0.39, 0.29) is 12.5 Å². The van der Waals surface area contributed by atoms with Gasteiger partial charge in [-0.15, -0.1) is 0 Å². The summed E-state index contributed by atoms with van der Waals surface area (Å²) >= 11 is 0. The standard InChI is InChI=1S/C12H22N2O5S/c1-9(12(16)17)8-13(2)11(15)10-6-4-5-7-14(10)20(3,18)19/h9-10H,4-8H2,1-3H3,(H,16,17)/t9-,10-/m1/s1. The number of carboxylic acids is 1. The van der Waals surface area contributed by atoms with Gasteiger partial charge in [-0.2, -0.15) is 4.31 Å². The second-order valence-electron chi connectivity index (χ2n) is 5.34. The average Bonchev–Trinajstić information content (AvgIpc) is 2.36. The Morgan fingerprint density at radius 2 is 2.00 bits per heavy atom. The van der Waals surface area contributed by atoms with Crippen LogP contribution in [0.5, 0.6) is 0 Å². The lowest BCUT2D eigenvalue weighted by Gasteiger charge is -2.35. The van der Waals surface area contributed by atoms with Crippen molar-refractivity contribution in [3.05, 3.63) is 0 Å². The van der Waals surface area contributed by atoms with Crippen molar-refractivity contribution in [1.82, 2.24) is 9.21 Å². The molecule has 1 aliphatic heterocycles. The molecule has 1 heterocycles. The fraction of sp³-hybridized carbons (Fsp3) is 0.833. The smallest absolute Gasteiger partial charge is 0.308 e. The third-order valence-corrected chi connectivity index (χ3v) is 4.80. The molecule has 0 aromatic heterocycles. The van der Waals surface area contributed by atoms with Gasteiger partial charge in [-0.25, -0.2) is 8.42 Å². The average molecular weight is 306 g/mol. The molecule has 1 amide bonds. The highest BCUT2D eigenvalue weighted by molar-refractivity contribution is 7.88. The number of piperidine rings is 1. The van der Waals surface area contributed by atoms with Gasteiger partial charge in [-0.05, 0) is 12.8 Å². The molecule has 1 saturated heterocycles. The van der Waals surface area contributed by atoms with Gasteiger partial charge in [0.25, 0.3) is 0 Å². The van der Waals surface area contributed by atoms with E-state index in [0.29, 0.717) is 13.0 Å². The maximum atomic E-state index is 12.3. The lowest BCUT2D eigenvalue weighted by atomic mass is 10.0. The van der Waals surface area contributed by atoms with Gasteiger partial charge < -0.3 is 10.0 Å². The van der Waals surface area contributed by atoms with Crippen LogP contribution in [-0.4, -0.2) is 67.0 Å². The lowest BCUT2D eigenvalue weighted by Crippen LogP contribution is -2.52. The summed E-state index contributed by atoms with van der Waals surface area (Å²) in [4.78, 5) is 24.5. The van der Waals surface area contributed by atoms with Crippen LogP contribution in [0.2, 0.25) is 0 Å². The second kappa shape index (κ2) is 6.53. The highest BCUT2D eigenvalue weighted by atomic mass is 32.2. The maximum absolute atomic E-state index is 12.3. The van der Waals surface area contributed by atoms with E-state index in [9.17, 15) is 18.0 Å². The predicted octanol–water partition coefficient (Wildman–Crippen LogP) is -0.0204. The number of aliphatic carboxylic acids is 1. The van der Waals surface area contributed by atoms with Crippen LogP contribution in [0.1, 0.15) is 26.2 Å². The van der Waals surface area contributed by atoms with Crippen molar-refractivity contribution >= 4 is 21.9 Å². The Hall–Kier alpha value is -1.15. The van der Waals surface area contributed by atoms with Crippen molar-refractivity contribution in [3.8, 4) is 0 Å². The van der Waals surface area contributed by atoms with E-state index < -0.39 is 28.0 Å². The third kappa shape index (κ3) is 4.17. The van der Waals surface area contributed by atoms with Crippen molar-refractivity contribution in [1.29, 1.82) is 0 Å². The number of nitrogens with zero attached hydrogens (tertiary/aromatic N) is 2. The Morgan fingerprint density at radius 3 is 2.50 bits per heavy atom. The minimum Gasteiger partial charge on any atom is -0.481 e. The summed E-state index contributed by atoms with van der Waals surface area (Å²) in [5, 5.41) is 8.86. The zero-order valence-corrected chi connectivity index (χ0v) is 12.9. The summed E-state index contributed by atoms with van der Waals surface area (Å²) < 4.78 is 24.7. The number of sulfonamides is 1. The Labute approximate surface area is 119 Å². The van der Waals surface area contributed by atoms with E-state index in [1.54, 1.807) is 0 Å². The van der Waals surface area contributed by atoms with Crippen LogP contribution in [0.15, 0.2) is 0 Å². The molecule has 20 heavy (non-hydrogen) atoms. The van der Waals surface area contributed by atoms with E-state index in [1.165, 1.54) is 23.2 Å². The number of carbonyl (C=O) groups is 2. The van der Waals surface area contributed by atoms with Gasteiger partial charge in [-0.3, -0.25) is 9.59 Å². The van der Waals surface area contributed by atoms with E-state index in [4.69, 9.17) is 5.11 Å². The molecule has 2 atom stereocenters. The lowest BCUT2D eigenvalue weighted by molar-refractivity contribution is -0.143. The summed E-state index contributed by atoms with van der Waals surface area (Å²) in [6.07, 6.45) is 3.12. The molecule has 1 fully saturated rings. The molecule has 0 saturated carbocycles. The van der Waals surface area contributed by atoms with E-state index in [2.05, 4.69) is 0 Å². The van der Waals surface area contributed by atoms with Crippen molar-refractivity contribution in [3.63, 3.8) is 0 Å². The highest BCUT2D eigenvalue weighted by Crippen LogP contribution is 2.21. The first-order chi connectivity index (χ1) is 9.14. The fourth-order valence-electron chi connectivity index (χ4n) is 2.38. The van der Waals surface area contributed by atoms with Crippen molar-refractivity contribution < 1.29 is 23.1 Å². The molecule has 1 aliphatic rings. The Kier molecular flexibility index (Phi) is 5.52. The SMILES string of the molecule is C[C@H](CN(C)C(=O)[C@H]1CCCCN1S(C)(=O)=O)C(=O)O. The van der Waals surface area contributed by atoms with Crippen LogP contribution in [0, 0.1) is 5.92 Å². The molecule has 1 rings (SSSR count). The minimum atomic E-state index is -3.43. The number of hydrogen-bond acceptors (Lipinski definition) is 4. The second-order valence-corrected chi connectivity index (χ2v) is 7.28. The topological polar surface area (TPSA) is 95.0 Å². The molecule has 7 nitrogen and oxygen atoms in total. The number of hydrogen-bond donors (Lipinski definition) is 1. The first-order valence-corrected chi connectivity index (χ1v) is 8.44. The normalized spacial score (nSPS) is 22.2. The van der Waals surface area contributed by atoms with Gasteiger partial charge in [0.1, 0.15) is 6.04 Å². The third-order valence-electron chi connectivity index (χ3n) is 3.51. The minimum absolute atomic E-state index is 0.0717.